The number of aromatic nitrogens is 5. The number of thiazole rings is 1. The van der Waals surface area contributed by atoms with E-state index in [-0.39, 0.29) is 17.5 Å². The number of nitrogens with one attached hydrogen (secondary N) is 2. The molecule has 2 N–H and O–H groups in total. The van der Waals surface area contributed by atoms with Gasteiger partial charge in [-0.3, -0.25) is 14.3 Å². The van der Waals surface area contributed by atoms with E-state index in [4.69, 9.17) is 0 Å². The molecule has 0 radical (unpaired) electrons. The molecule has 0 saturated carbocycles. The van der Waals surface area contributed by atoms with E-state index in [0.717, 1.165) is 25.2 Å². The van der Waals surface area contributed by atoms with Gasteiger partial charge < -0.3 is 15.5 Å². The van der Waals surface area contributed by atoms with Crippen molar-refractivity contribution >= 4 is 39.9 Å². The van der Waals surface area contributed by atoms with Gasteiger partial charge in [-0.1, -0.05) is 6.07 Å². The second kappa shape index (κ2) is 8.92. The molecule has 1 unspecified atom stereocenters. The molecule has 1 aromatic carbocycles. The SMILES string of the molecule is CC(NC(=O)c1ncnc2c1cnn2C)c1ncc(C(=O)Nc2ccc3c(c2)CCN(C)C3)s1. The average Bonchev–Trinajstić information content (AvgIpc) is 3.47. The minimum atomic E-state index is -0.401. The van der Waals surface area contributed by atoms with Crippen LogP contribution >= 0.6 is 11.3 Å². The number of carbonyl (C=O) groups is 2. The Morgan fingerprint density at radius 2 is 1.94 bits per heavy atom. The number of likely N-dealkylation sites (N-methyl/N-ethyl adjacent to an activating group) is 1. The zero-order chi connectivity index (χ0) is 23.8. The van der Waals surface area contributed by atoms with Crippen molar-refractivity contribution in [3.63, 3.8) is 0 Å². The third-order valence-electron chi connectivity index (χ3n) is 5.88. The molecule has 0 bridgehead atoms. The number of hydrogen-bond acceptors (Lipinski definition) is 8. The average molecular weight is 477 g/mol. The Kier molecular flexibility index (Phi) is 5.80. The van der Waals surface area contributed by atoms with Crippen molar-refractivity contribution in [3.05, 3.63) is 63.6 Å². The number of benzene rings is 1. The third-order valence-corrected chi connectivity index (χ3v) is 7.06. The number of anilines is 1. The van der Waals surface area contributed by atoms with Crippen molar-refractivity contribution in [1.82, 2.24) is 34.9 Å². The van der Waals surface area contributed by atoms with Crippen LogP contribution in [-0.2, 0) is 20.0 Å². The molecule has 0 saturated heterocycles. The maximum atomic E-state index is 12.8. The Balaban J connectivity index is 1.26. The van der Waals surface area contributed by atoms with Gasteiger partial charge in [0.15, 0.2) is 5.65 Å². The van der Waals surface area contributed by atoms with Gasteiger partial charge in [0, 0.05) is 25.8 Å². The van der Waals surface area contributed by atoms with Crippen LogP contribution < -0.4 is 10.6 Å². The lowest BCUT2D eigenvalue weighted by molar-refractivity contribution is 0.0936. The van der Waals surface area contributed by atoms with Crippen molar-refractivity contribution in [3.8, 4) is 0 Å². The summed E-state index contributed by atoms with van der Waals surface area (Å²) in [6.45, 7) is 3.75. The van der Waals surface area contributed by atoms with E-state index >= 15 is 0 Å². The number of carbonyl (C=O) groups excluding carboxylic acids is 2. The second-order valence-corrected chi connectivity index (χ2v) is 9.47. The topological polar surface area (TPSA) is 118 Å². The monoisotopic (exact) mass is 476 g/mol. The number of nitrogens with zero attached hydrogens (tertiary/aromatic N) is 6. The van der Waals surface area contributed by atoms with Crippen molar-refractivity contribution in [2.45, 2.75) is 25.9 Å². The summed E-state index contributed by atoms with van der Waals surface area (Å²) >= 11 is 1.25. The van der Waals surface area contributed by atoms with Gasteiger partial charge >= 0.3 is 0 Å². The fourth-order valence-corrected chi connectivity index (χ4v) is 4.84. The Morgan fingerprint density at radius 3 is 2.79 bits per heavy atom. The number of hydrogen-bond donors (Lipinski definition) is 2. The first-order valence-corrected chi connectivity index (χ1v) is 11.7. The lowest BCUT2D eigenvalue weighted by atomic mass is 9.99. The molecule has 0 spiro atoms. The summed E-state index contributed by atoms with van der Waals surface area (Å²) in [5, 5.41) is 11.2. The third kappa shape index (κ3) is 4.27. The highest BCUT2D eigenvalue weighted by atomic mass is 32.1. The molecule has 0 aliphatic carbocycles. The first-order chi connectivity index (χ1) is 16.4. The fourth-order valence-electron chi connectivity index (χ4n) is 4.03. The van der Waals surface area contributed by atoms with Crippen molar-refractivity contribution in [2.75, 3.05) is 18.9 Å². The molecular formula is C23H24N8O2S. The summed E-state index contributed by atoms with van der Waals surface area (Å²) in [5.74, 6) is -0.572. The summed E-state index contributed by atoms with van der Waals surface area (Å²) in [6.07, 6.45) is 5.42. The number of rotatable bonds is 5. The summed E-state index contributed by atoms with van der Waals surface area (Å²) in [7, 11) is 3.86. The molecule has 174 valence electrons. The zero-order valence-electron chi connectivity index (χ0n) is 19.1. The minimum Gasteiger partial charge on any atom is -0.342 e. The Labute approximate surface area is 200 Å². The molecule has 2 amide bonds. The van der Waals surface area contributed by atoms with Crippen LogP contribution in [0.2, 0.25) is 0 Å². The van der Waals surface area contributed by atoms with Gasteiger partial charge in [0.1, 0.15) is 21.9 Å². The molecule has 10 nitrogen and oxygen atoms in total. The van der Waals surface area contributed by atoms with Crippen molar-refractivity contribution in [2.24, 2.45) is 7.05 Å². The fraction of sp³-hybridized carbons (Fsp3) is 0.304. The molecule has 4 heterocycles. The van der Waals surface area contributed by atoms with E-state index in [2.05, 4.69) is 48.7 Å². The highest BCUT2D eigenvalue weighted by Crippen LogP contribution is 2.25. The molecular weight excluding hydrogens is 452 g/mol. The maximum absolute atomic E-state index is 12.8. The molecule has 11 heteroatoms. The standard InChI is InChI=1S/C23H24N8O2S/c1-13(28-22(33)19-17-9-27-31(3)20(17)26-12-25-19)23-24-10-18(34-23)21(32)29-16-5-4-15-11-30(2)7-6-14(15)8-16/h4-5,8-10,12-13H,6-7,11H2,1-3H3,(H,28,33)(H,29,32). The molecule has 1 aliphatic rings. The van der Waals surface area contributed by atoms with Crippen LogP contribution in [0.1, 0.15) is 49.3 Å². The normalized spacial score (nSPS) is 14.6. The second-order valence-electron chi connectivity index (χ2n) is 8.41. The molecule has 3 aromatic heterocycles. The quantitative estimate of drug-likeness (QED) is 0.454. The van der Waals surface area contributed by atoms with E-state index in [1.165, 1.54) is 35.0 Å². The molecule has 5 rings (SSSR count). The van der Waals surface area contributed by atoms with Gasteiger partial charge in [-0.2, -0.15) is 5.10 Å². The highest BCUT2D eigenvalue weighted by molar-refractivity contribution is 7.13. The molecule has 4 aromatic rings. The predicted octanol–water partition coefficient (Wildman–Crippen LogP) is 2.55. The van der Waals surface area contributed by atoms with E-state index in [1.807, 2.05) is 19.1 Å². The predicted molar refractivity (Wildman–Crippen MR) is 129 cm³/mol. The molecule has 34 heavy (non-hydrogen) atoms. The number of fused-ring (bicyclic) bond motifs is 2. The smallest absolute Gasteiger partial charge is 0.271 e. The van der Waals surface area contributed by atoms with Gasteiger partial charge in [0.05, 0.1) is 23.8 Å². The molecule has 1 aliphatic heterocycles. The molecule has 0 fully saturated rings. The summed E-state index contributed by atoms with van der Waals surface area (Å²) in [4.78, 5) is 41.0. The van der Waals surface area contributed by atoms with Crippen molar-refractivity contribution in [1.29, 1.82) is 0 Å². The maximum Gasteiger partial charge on any atom is 0.271 e. The van der Waals surface area contributed by atoms with E-state index in [9.17, 15) is 9.59 Å². The van der Waals surface area contributed by atoms with E-state index in [1.54, 1.807) is 17.9 Å². The highest BCUT2D eigenvalue weighted by Gasteiger charge is 2.21. The van der Waals surface area contributed by atoms with E-state index < -0.39 is 6.04 Å². The Hall–Kier alpha value is -3.70. The van der Waals surface area contributed by atoms with Crippen LogP contribution in [0, 0.1) is 0 Å². The van der Waals surface area contributed by atoms with E-state index in [0.29, 0.717) is 20.9 Å². The van der Waals surface area contributed by atoms with Crippen LogP contribution in [0.3, 0.4) is 0 Å². The van der Waals surface area contributed by atoms with Gasteiger partial charge in [0.2, 0.25) is 0 Å². The summed E-state index contributed by atoms with van der Waals surface area (Å²) in [5.41, 5.74) is 4.16. The number of aryl methyl sites for hydroxylation is 1. The summed E-state index contributed by atoms with van der Waals surface area (Å²) in [6, 6.07) is 5.65. The first-order valence-electron chi connectivity index (χ1n) is 10.9. The summed E-state index contributed by atoms with van der Waals surface area (Å²) < 4.78 is 1.59. The zero-order valence-corrected chi connectivity index (χ0v) is 19.9. The van der Waals surface area contributed by atoms with Gasteiger partial charge in [-0.15, -0.1) is 11.3 Å². The molecule has 1 atom stereocenters. The Bertz CT molecular complexity index is 1390. The van der Waals surface area contributed by atoms with Crippen LogP contribution in [0.25, 0.3) is 11.0 Å². The first kappa shape index (κ1) is 22.1. The van der Waals surface area contributed by atoms with Gasteiger partial charge in [0.25, 0.3) is 11.8 Å². The van der Waals surface area contributed by atoms with Crippen LogP contribution in [0.5, 0.6) is 0 Å². The van der Waals surface area contributed by atoms with Crippen molar-refractivity contribution < 1.29 is 9.59 Å². The number of amides is 2. The Morgan fingerprint density at radius 1 is 1.09 bits per heavy atom. The lowest BCUT2D eigenvalue weighted by Crippen LogP contribution is -2.27. The van der Waals surface area contributed by atoms with Crippen LogP contribution in [0.15, 0.2) is 36.9 Å². The lowest BCUT2D eigenvalue weighted by Gasteiger charge is -2.25. The van der Waals surface area contributed by atoms with Gasteiger partial charge in [-0.05, 0) is 43.7 Å². The van der Waals surface area contributed by atoms with Gasteiger partial charge in [-0.25, -0.2) is 15.0 Å². The largest absolute Gasteiger partial charge is 0.342 e. The minimum absolute atomic E-state index is 0.219. The van der Waals surface area contributed by atoms with Crippen LogP contribution in [0.4, 0.5) is 5.69 Å². The van der Waals surface area contributed by atoms with Crippen LogP contribution in [-0.4, -0.2) is 55.0 Å².